The van der Waals surface area contributed by atoms with E-state index in [4.69, 9.17) is 15.3 Å². The normalized spacial score (nSPS) is 14.3. The summed E-state index contributed by atoms with van der Waals surface area (Å²) in [7, 11) is 1.45. The highest BCUT2D eigenvalue weighted by molar-refractivity contribution is 5.31. The fourth-order valence-corrected chi connectivity index (χ4v) is 1.85. The van der Waals surface area contributed by atoms with Crippen LogP contribution in [0.1, 0.15) is 19.4 Å². The third kappa shape index (κ3) is 3.66. The molecule has 3 N–H and O–H groups in total. The molecule has 1 rings (SSSR count). The van der Waals surface area contributed by atoms with Gasteiger partial charge in [0, 0.05) is 6.61 Å². The first-order valence-corrected chi connectivity index (χ1v) is 6.03. The average Bonchev–Trinajstić information content (AvgIpc) is 2.37. The Morgan fingerprint density at radius 3 is 2.72 bits per heavy atom. The summed E-state index contributed by atoms with van der Waals surface area (Å²) in [6.07, 6.45) is 0.353. The lowest BCUT2D eigenvalue weighted by molar-refractivity contribution is 0.0474. The van der Waals surface area contributed by atoms with Crippen molar-refractivity contribution < 1.29 is 13.9 Å². The Morgan fingerprint density at radius 2 is 2.17 bits per heavy atom. The summed E-state index contributed by atoms with van der Waals surface area (Å²) in [6.45, 7) is 4.42. The van der Waals surface area contributed by atoms with Crippen LogP contribution in [-0.4, -0.2) is 25.9 Å². The van der Waals surface area contributed by atoms with Gasteiger partial charge in [0.25, 0.3) is 0 Å². The molecule has 0 aliphatic heterocycles. The minimum Gasteiger partial charge on any atom is -0.494 e. The summed E-state index contributed by atoms with van der Waals surface area (Å²) in [4.78, 5) is 0. The van der Waals surface area contributed by atoms with Gasteiger partial charge in [-0.2, -0.15) is 0 Å². The number of rotatable bonds is 7. The Labute approximate surface area is 107 Å². The van der Waals surface area contributed by atoms with E-state index in [1.54, 1.807) is 18.2 Å². The van der Waals surface area contributed by atoms with E-state index in [0.29, 0.717) is 18.6 Å². The number of hydrogen-bond acceptors (Lipinski definition) is 4. The zero-order valence-corrected chi connectivity index (χ0v) is 11.1. The van der Waals surface area contributed by atoms with Crippen LogP contribution in [0.25, 0.3) is 0 Å². The van der Waals surface area contributed by atoms with Gasteiger partial charge < -0.3 is 9.47 Å². The molecule has 5 heteroatoms. The molecule has 102 valence electrons. The second-order valence-corrected chi connectivity index (χ2v) is 4.07. The Morgan fingerprint density at radius 1 is 1.44 bits per heavy atom. The molecule has 0 fully saturated rings. The van der Waals surface area contributed by atoms with Gasteiger partial charge in [0.05, 0.1) is 19.3 Å². The topological polar surface area (TPSA) is 56.5 Å². The van der Waals surface area contributed by atoms with Gasteiger partial charge in [-0.25, -0.2) is 4.39 Å². The molecule has 0 radical (unpaired) electrons. The van der Waals surface area contributed by atoms with E-state index in [-0.39, 0.29) is 23.7 Å². The van der Waals surface area contributed by atoms with Gasteiger partial charge in [0.2, 0.25) is 0 Å². The molecular weight excluding hydrogens is 235 g/mol. The largest absolute Gasteiger partial charge is 0.494 e. The van der Waals surface area contributed by atoms with Gasteiger partial charge in [0.1, 0.15) is 0 Å². The van der Waals surface area contributed by atoms with Crippen LogP contribution in [0.2, 0.25) is 0 Å². The lowest BCUT2D eigenvalue weighted by atomic mass is 10.0. The Bertz CT molecular complexity index is 374. The van der Waals surface area contributed by atoms with Crippen LogP contribution >= 0.6 is 0 Å². The van der Waals surface area contributed by atoms with Crippen molar-refractivity contribution in [2.45, 2.75) is 32.4 Å². The van der Waals surface area contributed by atoms with Crippen LogP contribution in [0, 0.1) is 5.82 Å². The van der Waals surface area contributed by atoms with Crippen molar-refractivity contribution in [3.8, 4) is 5.75 Å². The summed E-state index contributed by atoms with van der Waals surface area (Å²) in [6, 6.07) is 4.93. The SMILES string of the molecule is CCOC(C)C(Cc1cccc(OC)c1F)NN. The fraction of sp³-hybridized carbons (Fsp3) is 0.538. The van der Waals surface area contributed by atoms with Gasteiger partial charge in [-0.3, -0.25) is 11.3 Å². The van der Waals surface area contributed by atoms with E-state index in [9.17, 15) is 4.39 Å². The molecule has 0 aromatic heterocycles. The van der Waals surface area contributed by atoms with Crippen LogP contribution < -0.4 is 16.0 Å². The highest BCUT2D eigenvalue weighted by atomic mass is 19.1. The lowest BCUT2D eigenvalue weighted by Crippen LogP contribution is -2.45. The molecule has 0 aliphatic rings. The van der Waals surface area contributed by atoms with E-state index in [1.165, 1.54) is 7.11 Å². The molecule has 4 nitrogen and oxygen atoms in total. The van der Waals surface area contributed by atoms with Crippen molar-refractivity contribution >= 4 is 0 Å². The number of methoxy groups -OCH3 is 1. The standard InChI is InChI=1S/C13H21FN2O2/c1-4-18-9(2)11(16-15)8-10-6-5-7-12(17-3)13(10)14/h5-7,9,11,16H,4,8,15H2,1-3H3. The number of nitrogens with two attached hydrogens (primary N) is 1. The molecule has 1 aromatic rings. The number of nitrogens with one attached hydrogen (secondary N) is 1. The smallest absolute Gasteiger partial charge is 0.168 e. The predicted molar refractivity (Wildman–Crippen MR) is 68.9 cm³/mol. The quantitative estimate of drug-likeness (QED) is 0.575. The zero-order valence-electron chi connectivity index (χ0n) is 11.1. The van der Waals surface area contributed by atoms with Crippen molar-refractivity contribution in [1.82, 2.24) is 5.43 Å². The van der Waals surface area contributed by atoms with Gasteiger partial charge in [-0.15, -0.1) is 0 Å². The average molecular weight is 256 g/mol. The second-order valence-electron chi connectivity index (χ2n) is 4.07. The van der Waals surface area contributed by atoms with E-state index >= 15 is 0 Å². The number of benzene rings is 1. The van der Waals surface area contributed by atoms with Crippen molar-refractivity contribution in [1.29, 1.82) is 0 Å². The molecule has 18 heavy (non-hydrogen) atoms. The molecular formula is C13H21FN2O2. The first kappa shape index (κ1) is 14.9. The fourth-order valence-electron chi connectivity index (χ4n) is 1.85. The molecule has 0 amide bonds. The summed E-state index contributed by atoms with van der Waals surface area (Å²) in [5.74, 6) is 5.39. The second kappa shape index (κ2) is 7.31. The van der Waals surface area contributed by atoms with E-state index in [0.717, 1.165) is 0 Å². The van der Waals surface area contributed by atoms with E-state index in [2.05, 4.69) is 5.43 Å². The lowest BCUT2D eigenvalue weighted by Gasteiger charge is -2.23. The van der Waals surface area contributed by atoms with Crippen molar-refractivity contribution in [2.75, 3.05) is 13.7 Å². The Kier molecular flexibility index (Phi) is 6.04. The molecule has 2 unspecified atom stereocenters. The van der Waals surface area contributed by atoms with Crippen molar-refractivity contribution in [3.63, 3.8) is 0 Å². The number of hydrogen-bond donors (Lipinski definition) is 2. The summed E-state index contributed by atoms with van der Waals surface area (Å²) in [5, 5.41) is 0. The van der Waals surface area contributed by atoms with Gasteiger partial charge in [0.15, 0.2) is 11.6 Å². The first-order chi connectivity index (χ1) is 8.63. The summed E-state index contributed by atoms with van der Waals surface area (Å²) in [5.41, 5.74) is 3.23. The zero-order chi connectivity index (χ0) is 13.5. The van der Waals surface area contributed by atoms with E-state index < -0.39 is 0 Å². The van der Waals surface area contributed by atoms with Crippen LogP contribution in [-0.2, 0) is 11.2 Å². The van der Waals surface area contributed by atoms with Gasteiger partial charge >= 0.3 is 0 Å². The minimum absolute atomic E-state index is 0.0920. The summed E-state index contributed by atoms with van der Waals surface area (Å²) < 4.78 is 24.4. The first-order valence-electron chi connectivity index (χ1n) is 6.03. The van der Waals surface area contributed by atoms with Crippen LogP contribution in [0.4, 0.5) is 4.39 Å². The third-order valence-electron chi connectivity index (χ3n) is 2.91. The highest BCUT2D eigenvalue weighted by Gasteiger charge is 2.19. The predicted octanol–water partition coefficient (Wildman–Crippen LogP) is 1.63. The van der Waals surface area contributed by atoms with Gasteiger partial charge in [-0.1, -0.05) is 12.1 Å². The minimum atomic E-state index is -0.344. The summed E-state index contributed by atoms with van der Waals surface area (Å²) >= 11 is 0. The van der Waals surface area contributed by atoms with E-state index in [1.807, 2.05) is 13.8 Å². The molecule has 0 heterocycles. The molecule has 0 bridgehead atoms. The molecule has 0 spiro atoms. The van der Waals surface area contributed by atoms with Crippen molar-refractivity contribution in [3.05, 3.63) is 29.6 Å². The third-order valence-corrected chi connectivity index (χ3v) is 2.91. The maximum Gasteiger partial charge on any atom is 0.168 e. The maximum atomic E-state index is 14.0. The van der Waals surface area contributed by atoms with Gasteiger partial charge in [-0.05, 0) is 31.9 Å². The molecule has 2 atom stereocenters. The van der Waals surface area contributed by atoms with Crippen LogP contribution in [0.15, 0.2) is 18.2 Å². The van der Waals surface area contributed by atoms with Crippen LogP contribution in [0.3, 0.4) is 0 Å². The number of halogens is 1. The van der Waals surface area contributed by atoms with Crippen LogP contribution in [0.5, 0.6) is 5.75 Å². The number of ether oxygens (including phenoxy) is 2. The molecule has 0 saturated carbocycles. The highest BCUT2D eigenvalue weighted by Crippen LogP contribution is 2.21. The Balaban J connectivity index is 2.81. The molecule has 0 aliphatic carbocycles. The number of hydrazine groups is 1. The molecule has 0 saturated heterocycles. The monoisotopic (exact) mass is 256 g/mol. The molecule has 1 aromatic carbocycles. The Hall–Kier alpha value is -1.17. The van der Waals surface area contributed by atoms with Crippen molar-refractivity contribution in [2.24, 2.45) is 5.84 Å². The maximum absolute atomic E-state index is 14.0.